The van der Waals surface area contributed by atoms with Gasteiger partial charge in [0.2, 0.25) is 0 Å². The van der Waals surface area contributed by atoms with E-state index >= 15 is 0 Å². The molecule has 2 fully saturated rings. The molecule has 4 aliphatic rings. The molecule has 0 unspecified atom stereocenters. The zero-order chi connectivity index (χ0) is 29.6. The van der Waals surface area contributed by atoms with Crippen molar-refractivity contribution in [2.24, 2.45) is 28.6 Å². The Morgan fingerprint density at radius 3 is 2.38 bits per heavy atom. The highest BCUT2D eigenvalue weighted by molar-refractivity contribution is 6.16. The van der Waals surface area contributed by atoms with Crippen molar-refractivity contribution in [1.29, 1.82) is 0 Å². The molecule has 42 heavy (non-hydrogen) atoms. The number of pyridine rings is 1. The second kappa shape index (κ2) is 9.45. The summed E-state index contributed by atoms with van der Waals surface area (Å²) in [4.78, 5) is 37.9. The highest BCUT2D eigenvalue weighted by atomic mass is 16.5. The molecule has 4 aliphatic carbocycles. The van der Waals surface area contributed by atoms with Gasteiger partial charge in [0.05, 0.1) is 25.3 Å². The first-order valence-corrected chi connectivity index (χ1v) is 15.3. The van der Waals surface area contributed by atoms with Gasteiger partial charge in [0.25, 0.3) is 0 Å². The quantitative estimate of drug-likeness (QED) is 0.191. The zero-order valence-electron chi connectivity index (χ0n) is 25.1. The van der Waals surface area contributed by atoms with Crippen LogP contribution in [0.2, 0.25) is 0 Å². The van der Waals surface area contributed by atoms with Gasteiger partial charge in [-0.15, -0.1) is 0 Å². The molecule has 0 spiro atoms. The maximum absolute atomic E-state index is 13.3. The second-order valence-corrected chi connectivity index (χ2v) is 13.4. The fourth-order valence-corrected chi connectivity index (χ4v) is 9.68. The highest BCUT2D eigenvalue weighted by Gasteiger charge is 2.57. The summed E-state index contributed by atoms with van der Waals surface area (Å²) >= 11 is 0. The van der Waals surface area contributed by atoms with E-state index < -0.39 is 11.9 Å². The van der Waals surface area contributed by atoms with Crippen LogP contribution in [-0.4, -0.2) is 42.6 Å². The van der Waals surface area contributed by atoms with Crippen LogP contribution in [0, 0.1) is 28.6 Å². The second-order valence-electron chi connectivity index (χ2n) is 13.4. The highest BCUT2D eigenvalue weighted by Crippen LogP contribution is 2.66. The Bertz CT molecular complexity index is 1690. The molecule has 3 aromatic rings. The molecule has 220 valence electrons. The van der Waals surface area contributed by atoms with Gasteiger partial charge in [-0.3, -0.25) is 4.79 Å². The first-order chi connectivity index (χ1) is 20.1. The zero-order valence-corrected chi connectivity index (χ0v) is 25.1. The van der Waals surface area contributed by atoms with Gasteiger partial charge in [0.1, 0.15) is 17.2 Å². The van der Waals surface area contributed by atoms with E-state index in [9.17, 15) is 14.4 Å². The molecule has 3 aromatic heterocycles. The molecule has 0 radical (unpaired) electrons. The molecule has 0 amide bonds. The Morgan fingerprint density at radius 1 is 0.905 bits per heavy atom. The Hall–Kier alpha value is -3.61. The van der Waals surface area contributed by atoms with E-state index in [1.54, 1.807) is 0 Å². The molecule has 0 bridgehead atoms. The van der Waals surface area contributed by atoms with Crippen LogP contribution < -0.4 is 0 Å². The summed E-state index contributed by atoms with van der Waals surface area (Å²) in [7, 11) is 2.70. The van der Waals surface area contributed by atoms with Crippen LogP contribution in [0.5, 0.6) is 0 Å². The van der Waals surface area contributed by atoms with Crippen molar-refractivity contribution in [1.82, 2.24) is 4.40 Å². The number of carbonyl (C=O) groups excluding carboxylic acids is 3. The molecule has 6 atom stereocenters. The van der Waals surface area contributed by atoms with Crippen LogP contribution >= 0.6 is 0 Å². The van der Waals surface area contributed by atoms with Crippen molar-refractivity contribution in [2.45, 2.75) is 71.8 Å². The predicted molar refractivity (Wildman–Crippen MR) is 159 cm³/mol. The molecular formula is C35H39NO6. The van der Waals surface area contributed by atoms with Crippen molar-refractivity contribution in [3.8, 4) is 0 Å². The van der Waals surface area contributed by atoms with E-state index in [1.807, 2.05) is 22.6 Å². The van der Waals surface area contributed by atoms with E-state index in [0.717, 1.165) is 61.5 Å². The Kier molecular flexibility index (Phi) is 6.13. The molecule has 3 heterocycles. The molecule has 0 aromatic carbocycles. The van der Waals surface area contributed by atoms with Crippen molar-refractivity contribution in [3.05, 3.63) is 58.7 Å². The third-order valence-corrected chi connectivity index (χ3v) is 11.6. The summed E-state index contributed by atoms with van der Waals surface area (Å²) in [5.74, 6) is 0.414. The lowest BCUT2D eigenvalue weighted by atomic mass is 9.47. The van der Waals surface area contributed by atoms with Crippen LogP contribution in [0.15, 0.2) is 42.0 Å². The number of hydrogen-bond acceptors (Lipinski definition) is 6. The van der Waals surface area contributed by atoms with E-state index in [1.165, 1.54) is 32.3 Å². The van der Waals surface area contributed by atoms with Crippen LogP contribution in [-0.2, 0) is 19.0 Å². The van der Waals surface area contributed by atoms with Gasteiger partial charge in [0.15, 0.2) is 0 Å². The van der Waals surface area contributed by atoms with Crippen LogP contribution in [0.4, 0.5) is 0 Å². The van der Waals surface area contributed by atoms with Gasteiger partial charge >= 0.3 is 17.9 Å². The fourth-order valence-electron chi connectivity index (χ4n) is 9.68. The minimum Gasteiger partial charge on any atom is -0.465 e. The number of methoxy groups -OCH3 is 2. The van der Waals surface area contributed by atoms with Crippen molar-refractivity contribution in [3.63, 3.8) is 0 Å². The SMILES string of the molecule is COC(=O)c1c(C(=O)OC)c2c(C3=CC[C@H]4[C@@H]5CC=C6C[C@@H](OC(C)=O)CC[C@]6(C)[C@H]5CC[C@]34C)cc3cccc1n32. The first kappa shape index (κ1) is 27.2. The summed E-state index contributed by atoms with van der Waals surface area (Å²) in [6, 6.07) is 7.99. The van der Waals surface area contributed by atoms with Gasteiger partial charge < -0.3 is 18.6 Å². The number of hydrogen-bond donors (Lipinski definition) is 0. The molecule has 0 N–H and O–H groups in total. The van der Waals surface area contributed by atoms with Gasteiger partial charge in [0, 0.05) is 24.4 Å². The standard InChI is InChI=1S/C35H39NO6/c1-19(37)42-22-13-15-34(2)20(17-22)9-10-23-25-11-12-26(35(25,3)16-14-27(23)34)24-18-21-7-6-8-28-29(32(38)40-4)30(33(39)41-5)31(24)36(21)28/h6-9,12,18,22-23,25,27H,10-11,13-17H2,1-5H3/t22-,23-,25-,27-,34-,35-/m0/s1. The maximum Gasteiger partial charge on any atom is 0.340 e. The van der Waals surface area contributed by atoms with Crippen LogP contribution in [0.3, 0.4) is 0 Å². The summed E-state index contributed by atoms with van der Waals surface area (Å²) in [6.45, 7) is 6.38. The molecule has 7 heteroatoms. The third kappa shape index (κ3) is 3.61. The number of esters is 3. The monoisotopic (exact) mass is 569 g/mol. The number of fused-ring (bicyclic) bond motifs is 5. The van der Waals surface area contributed by atoms with Crippen molar-refractivity contribution in [2.75, 3.05) is 14.2 Å². The average molecular weight is 570 g/mol. The number of rotatable bonds is 4. The lowest BCUT2D eigenvalue weighted by molar-refractivity contribution is -0.148. The lowest BCUT2D eigenvalue weighted by Crippen LogP contribution is -2.50. The third-order valence-electron chi connectivity index (χ3n) is 11.6. The van der Waals surface area contributed by atoms with Crippen molar-refractivity contribution < 1.29 is 28.6 Å². The smallest absolute Gasteiger partial charge is 0.340 e. The average Bonchev–Trinajstić information content (AvgIpc) is 3.63. The summed E-state index contributed by atoms with van der Waals surface area (Å²) in [5, 5.41) is 0. The number of ether oxygens (including phenoxy) is 3. The molecule has 0 saturated heterocycles. The summed E-state index contributed by atoms with van der Waals surface area (Å²) in [5.41, 5.74) is 6.77. The maximum atomic E-state index is 13.3. The van der Waals surface area contributed by atoms with Gasteiger partial charge in [-0.1, -0.05) is 37.6 Å². The Morgan fingerprint density at radius 2 is 1.64 bits per heavy atom. The molecular weight excluding hydrogens is 530 g/mol. The van der Waals surface area contributed by atoms with E-state index in [2.05, 4.69) is 32.1 Å². The fraction of sp³-hybridized carbons (Fsp3) is 0.514. The van der Waals surface area contributed by atoms with E-state index in [-0.39, 0.29) is 34.0 Å². The topological polar surface area (TPSA) is 83.3 Å². The van der Waals surface area contributed by atoms with Crippen molar-refractivity contribution >= 4 is 40.0 Å². The first-order valence-electron chi connectivity index (χ1n) is 15.3. The summed E-state index contributed by atoms with van der Waals surface area (Å²) in [6.07, 6.45) is 12.0. The normalized spacial score (nSPS) is 32.0. The van der Waals surface area contributed by atoms with Gasteiger partial charge in [-0.05, 0) is 90.9 Å². The van der Waals surface area contributed by atoms with Crippen LogP contribution in [0.25, 0.3) is 22.1 Å². The summed E-state index contributed by atoms with van der Waals surface area (Å²) < 4.78 is 18.0. The Labute approximate surface area is 246 Å². The number of nitrogens with zero attached hydrogens (tertiary/aromatic N) is 1. The minimum atomic E-state index is -0.538. The van der Waals surface area contributed by atoms with Gasteiger partial charge in [-0.25, -0.2) is 9.59 Å². The van der Waals surface area contributed by atoms with E-state index in [4.69, 9.17) is 14.2 Å². The molecule has 0 aliphatic heterocycles. The van der Waals surface area contributed by atoms with Gasteiger partial charge in [-0.2, -0.15) is 0 Å². The Balaban J connectivity index is 1.29. The number of aromatic nitrogens is 1. The lowest BCUT2D eigenvalue weighted by Gasteiger charge is -2.57. The predicted octanol–water partition coefficient (Wildman–Crippen LogP) is 6.99. The molecule has 7 rings (SSSR count). The largest absolute Gasteiger partial charge is 0.465 e. The molecule has 7 nitrogen and oxygen atoms in total. The number of carbonyl (C=O) groups is 3. The van der Waals surface area contributed by atoms with Crippen LogP contribution in [0.1, 0.15) is 92.0 Å². The van der Waals surface area contributed by atoms with E-state index in [0.29, 0.717) is 23.3 Å². The minimum absolute atomic E-state index is 0.000636. The number of allylic oxidation sites excluding steroid dienone is 3. The molecule has 2 saturated carbocycles.